The molecular weight excluding hydrogens is 248 g/mol. The molecule has 0 unspecified atom stereocenters. The van der Waals surface area contributed by atoms with Gasteiger partial charge in [-0.3, -0.25) is 0 Å². The van der Waals surface area contributed by atoms with Crippen LogP contribution in [0.4, 0.5) is 4.79 Å². The summed E-state index contributed by atoms with van der Waals surface area (Å²) in [5, 5.41) is 15.2. The number of hydrogen-bond acceptors (Lipinski definition) is 5. The molecule has 19 heavy (non-hydrogen) atoms. The van der Waals surface area contributed by atoms with Gasteiger partial charge >= 0.3 is 6.09 Å². The Labute approximate surface area is 115 Å². The maximum absolute atomic E-state index is 11.2. The quantitative estimate of drug-likeness (QED) is 0.485. The third-order valence-corrected chi connectivity index (χ3v) is 2.34. The average Bonchev–Trinajstić information content (AvgIpc) is 2.35. The minimum absolute atomic E-state index is 0.343. The number of unbranched alkanes of at least 4 members (excludes halogenated alkanes) is 1. The van der Waals surface area contributed by atoms with Crippen LogP contribution in [0, 0.1) is 5.92 Å². The van der Waals surface area contributed by atoms with E-state index in [1.54, 1.807) is 7.11 Å². The van der Waals surface area contributed by atoms with Gasteiger partial charge in [-0.05, 0) is 25.3 Å². The van der Waals surface area contributed by atoms with Gasteiger partial charge in [-0.15, -0.1) is 0 Å². The number of nitrogens with one attached hydrogen (secondary N) is 2. The van der Waals surface area contributed by atoms with E-state index in [1.165, 1.54) is 0 Å². The minimum atomic E-state index is -0.464. The summed E-state index contributed by atoms with van der Waals surface area (Å²) in [6.07, 6.45) is 1.00. The highest BCUT2D eigenvalue weighted by Crippen LogP contribution is 1.93. The Bertz CT molecular complexity index is 225. The lowest BCUT2D eigenvalue weighted by Crippen LogP contribution is -2.31. The number of aliphatic hydroxyl groups is 1. The van der Waals surface area contributed by atoms with Crippen LogP contribution in [0.15, 0.2) is 0 Å². The molecule has 0 aromatic rings. The van der Waals surface area contributed by atoms with E-state index in [1.807, 2.05) is 13.8 Å². The highest BCUT2D eigenvalue weighted by molar-refractivity contribution is 5.66. The number of amides is 1. The molecular formula is C13H28N2O4. The van der Waals surface area contributed by atoms with Crippen LogP contribution >= 0.6 is 0 Å². The fraction of sp³-hybridized carbons (Fsp3) is 0.923. The molecule has 3 N–H and O–H groups in total. The molecule has 114 valence electrons. The van der Waals surface area contributed by atoms with Crippen molar-refractivity contribution in [3.05, 3.63) is 0 Å². The van der Waals surface area contributed by atoms with Crippen LogP contribution in [0.25, 0.3) is 0 Å². The molecule has 0 aliphatic heterocycles. The Balaban J connectivity index is 3.24. The molecule has 0 fully saturated rings. The van der Waals surface area contributed by atoms with Gasteiger partial charge in [0.15, 0.2) is 0 Å². The first-order chi connectivity index (χ1) is 9.06. The van der Waals surface area contributed by atoms with Crippen molar-refractivity contribution in [3.63, 3.8) is 0 Å². The van der Waals surface area contributed by atoms with Crippen molar-refractivity contribution in [2.45, 2.75) is 32.8 Å². The molecule has 1 amide bonds. The summed E-state index contributed by atoms with van der Waals surface area (Å²) in [7, 11) is 1.56. The lowest BCUT2D eigenvalue weighted by atomic mass is 10.2. The third kappa shape index (κ3) is 13.4. The van der Waals surface area contributed by atoms with E-state index in [2.05, 4.69) is 10.6 Å². The molecule has 0 saturated heterocycles. The zero-order valence-electron chi connectivity index (χ0n) is 12.3. The molecule has 0 aliphatic rings. The fourth-order valence-corrected chi connectivity index (χ4v) is 1.38. The molecule has 0 aromatic heterocycles. The predicted molar refractivity (Wildman–Crippen MR) is 74.2 cm³/mol. The zero-order chi connectivity index (χ0) is 14.5. The number of alkyl carbamates (subject to hydrolysis) is 1. The Morgan fingerprint density at radius 2 is 1.89 bits per heavy atom. The van der Waals surface area contributed by atoms with Gasteiger partial charge in [0.1, 0.15) is 0 Å². The van der Waals surface area contributed by atoms with Crippen LogP contribution in [-0.4, -0.2) is 57.3 Å². The number of carbonyl (C=O) groups excluding carboxylic acids is 1. The van der Waals surface area contributed by atoms with Crippen LogP contribution in [0.1, 0.15) is 26.7 Å². The van der Waals surface area contributed by atoms with Crippen LogP contribution < -0.4 is 10.6 Å². The number of rotatable bonds is 11. The molecule has 0 saturated carbocycles. The largest absolute Gasteiger partial charge is 0.449 e. The van der Waals surface area contributed by atoms with Gasteiger partial charge in [-0.25, -0.2) is 4.79 Å². The van der Waals surface area contributed by atoms with Gasteiger partial charge in [0.2, 0.25) is 0 Å². The zero-order valence-corrected chi connectivity index (χ0v) is 12.3. The third-order valence-electron chi connectivity index (χ3n) is 2.34. The van der Waals surface area contributed by atoms with Gasteiger partial charge in [-0.2, -0.15) is 0 Å². The second-order valence-electron chi connectivity index (χ2n) is 4.94. The second kappa shape index (κ2) is 12.2. The fourth-order valence-electron chi connectivity index (χ4n) is 1.38. The van der Waals surface area contributed by atoms with Crippen molar-refractivity contribution in [1.82, 2.24) is 10.6 Å². The van der Waals surface area contributed by atoms with E-state index in [9.17, 15) is 9.90 Å². The van der Waals surface area contributed by atoms with E-state index >= 15 is 0 Å². The molecule has 0 aliphatic carbocycles. The minimum Gasteiger partial charge on any atom is -0.449 e. The van der Waals surface area contributed by atoms with Crippen LogP contribution in [0.2, 0.25) is 0 Å². The van der Waals surface area contributed by atoms with Crippen molar-refractivity contribution in [3.8, 4) is 0 Å². The Morgan fingerprint density at radius 1 is 1.21 bits per heavy atom. The van der Waals surface area contributed by atoms with Crippen molar-refractivity contribution < 1.29 is 19.4 Å². The SMILES string of the molecule is COC[C@@H](O)CNCCCCNC(=O)OCC(C)C. The topological polar surface area (TPSA) is 79.8 Å². The summed E-state index contributed by atoms with van der Waals surface area (Å²) in [5.74, 6) is 0.355. The van der Waals surface area contributed by atoms with Gasteiger partial charge in [0.05, 0.1) is 19.3 Å². The van der Waals surface area contributed by atoms with E-state index in [0.717, 1.165) is 19.4 Å². The van der Waals surface area contributed by atoms with Crippen molar-refractivity contribution >= 4 is 6.09 Å². The standard InChI is InChI=1S/C13H28N2O4/c1-11(2)9-19-13(17)15-7-5-4-6-14-8-12(16)10-18-3/h11-12,14,16H,4-10H2,1-3H3,(H,15,17)/t12-/m0/s1. The van der Waals surface area contributed by atoms with E-state index < -0.39 is 6.10 Å². The lowest BCUT2D eigenvalue weighted by molar-refractivity contribution is 0.0646. The second-order valence-corrected chi connectivity index (χ2v) is 4.94. The molecule has 0 rings (SSSR count). The summed E-state index contributed by atoms with van der Waals surface area (Å²) < 4.78 is 9.79. The van der Waals surface area contributed by atoms with Crippen molar-refractivity contribution in [2.75, 3.05) is 40.0 Å². The summed E-state index contributed by atoms with van der Waals surface area (Å²) >= 11 is 0. The molecule has 6 nitrogen and oxygen atoms in total. The molecule has 0 spiro atoms. The molecule has 1 atom stereocenters. The average molecular weight is 276 g/mol. The number of hydrogen-bond donors (Lipinski definition) is 3. The van der Waals surface area contributed by atoms with Crippen LogP contribution in [-0.2, 0) is 9.47 Å². The predicted octanol–water partition coefficient (Wildman–Crippen LogP) is 0.746. The first-order valence-electron chi connectivity index (χ1n) is 6.84. The van der Waals surface area contributed by atoms with Gasteiger partial charge in [-0.1, -0.05) is 13.8 Å². The molecule has 0 aromatic carbocycles. The van der Waals surface area contributed by atoms with E-state index in [4.69, 9.17) is 9.47 Å². The normalized spacial score (nSPS) is 12.5. The first kappa shape index (κ1) is 18.1. The Kier molecular flexibility index (Phi) is 11.7. The summed E-state index contributed by atoms with van der Waals surface area (Å²) in [5.41, 5.74) is 0. The van der Waals surface area contributed by atoms with Crippen LogP contribution in [0.3, 0.4) is 0 Å². The highest BCUT2D eigenvalue weighted by Gasteiger charge is 2.03. The molecule has 6 heteroatoms. The first-order valence-corrected chi connectivity index (χ1v) is 6.84. The monoisotopic (exact) mass is 276 g/mol. The van der Waals surface area contributed by atoms with E-state index in [-0.39, 0.29) is 6.09 Å². The maximum Gasteiger partial charge on any atom is 0.407 e. The lowest BCUT2D eigenvalue weighted by Gasteiger charge is -2.11. The Hall–Kier alpha value is -0.850. The van der Waals surface area contributed by atoms with Gasteiger partial charge in [0, 0.05) is 20.2 Å². The van der Waals surface area contributed by atoms with Crippen molar-refractivity contribution in [2.24, 2.45) is 5.92 Å². The van der Waals surface area contributed by atoms with Gasteiger partial charge in [0.25, 0.3) is 0 Å². The van der Waals surface area contributed by atoms with Crippen LogP contribution in [0.5, 0.6) is 0 Å². The molecule has 0 bridgehead atoms. The number of methoxy groups -OCH3 is 1. The highest BCUT2D eigenvalue weighted by atomic mass is 16.5. The smallest absolute Gasteiger partial charge is 0.407 e. The maximum atomic E-state index is 11.2. The summed E-state index contributed by atoms with van der Waals surface area (Å²) in [6, 6.07) is 0. The molecule has 0 heterocycles. The number of carbonyl (C=O) groups is 1. The summed E-state index contributed by atoms with van der Waals surface area (Å²) in [6.45, 7) is 6.73. The van der Waals surface area contributed by atoms with Gasteiger partial charge < -0.3 is 25.2 Å². The van der Waals surface area contributed by atoms with Crippen molar-refractivity contribution in [1.29, 1.82) is 0 Å². The number of aliphatic hydroxyl groups excluding tert-OH is 1. The Morgan fingerprint density at radius 3 is 2.53 bits per heavy atom. The van der Waals surface area contributed by atoms with E-state index in [0.29, 0.717) is 32.2 Å². The molecule has 0 radical (unpaired) electrons. The summed E-state index contributed by atoms with van der Waals surface area (Å²) in [4.78, 5) is 11.2. The number of ether oxygens (including phenoxy) is 2.